The Morgan fingerprint density at radius 1 is 0.867 bits per heavy atom. The van der Waals surface area contributed by atoms with Gasteiger partial charge in [-0.05, 0) is 46.4 Å². The van der Waals surface area contributed by atoms with Crippen LogP contribution in [0.5, 0.6) is 0 Å². The van der Waals surface area contributed by atoms with E-state index >= 15 is 0 Å². The normalized spacial score (nSPS) is 13.1. The molecule has 0 atom stereocenters. The number of amides is 1. The van der Waals surface area contributed by atoms with E-state index in [0.29, 0.717) is 6.54 Å². The first-order valence-corrected chi connectivity index (χ1v) is 10.3. The highest BCUT2D eigenvalue weighted by Gasteiger charge is 2.23. The molecule has 1 aliphatic heterocycles. The van der Waals surface area contributed by atoms with Crippen LogP contribution in [0.25, 0.3) is 11.1 Å². The van der Waals surface area contributed by atoms with E-state index in [9.17, 15) is 4.79 Å². The predicted octanol–water partition coefficient (Wildman–Crippen LogP) is 4.80. The molecule has 3 aromatic carbocycles. The van der Waals surface area contributed by atoms with Gasteiger partial charge in [0.2, 0.25) is 0 Å². The van der Waals surface area contributed by atoms with Crippen LogP contribution in [0.2, 0.25) is 0 Å². The first-order chi connectivity index (χ1) is 14.8. The average molecular weight is 393 g/mol. The minimum atomic E-state index is 0.0979. The van der Waals surface area contributed by atoms with Crippen molar-refractivity contribution in [1.82, 2.24) is 14.7 Å². The third-order valence-corrected chi connectivity index (χ3v) is 5.74. The lowest BCUT2D eigenvalue weighted by Gasteiger charge is -2.29. The lowest BCUT2D eigenvalue weighted by molar-refractivity contribution is 0.0735. The molecule has 4 nitrogen and oxygen atoms in total. The van der Waals surface area contributed by atoms with E-state index in [1.54, 1.807) is 6.20 Å². The van der Waals surface area contributed by atoms with Gasteiger partial charge < -0.3 is 4.90 Å². The molecule has 148 valence electrons. The van der Waals surface area contributed by atoms with Crippen molar-refractivity contribution in [3.63, 3.8) is 0 Å². The van der Waals surface area contributed by atoms with Crippen molar-refractivity contribution < 1.29 is 4.79 Å². The summed E-state index contributed by atoms with van der Waals surface area (Å²) in [5, 5.41) is 4.26. The third kappa shape index (κ3) is 3.64. The number of aromatic nitrogens is 2. The van der Waals surface area contributed by atoms with E-state index in [0.717, 1.165) is 36.2 Å². The predicted molar refractivity (Wildman–Crippen MR) is 118 cm³/mol. The van der Waals surface area contributed by atoms with Gasteiger partial charge in [-0.3, -0.25) is 9.48 Å². The maximum Gasteiger partial charge on any atom is 0.254 e. The molecule has 0 radical (unpaired) electrons. The van der Waals surface area contributed by atoms with Crippen molar-refractivity contribution in [1.29, 1.82) is 0 Å². The van der Waals surface area contributed by atoms with Gasteiger partial charge >= 0.3 is 0 Å². The lowest BCUT2D eigenvalue weighted by Crippen LogP contribution is -2.36. The van der Waals surface area contributed by atoms with Crippen molar-refractivity contribution in [2.45, 2.75) is 19.5 Å². The van der Waals surface area contributed by atoms with Gasteiger partial charge in [0.25, 0.3) is 5.91 Å². The minimum absolute atomic E-state index is 0.0979. The SMILES string of the molecule is O=C(c1ccccc1-c1ccc(Cn2cccn2)cc1)N1CCc2ccccc2C1. The number of hydrogen-bond donors (Lipinski definition) is 0. The van der Waals surface area contributed by atoms with Gasteiger partial charge in [-0.2, -0.15) is 5.10 Å². The van der Waals surface area contributed by atoms with Crippen LogP contribution in [-0.2, 0) is 19.5 Å². The van der Waals surface area contributed by atoms with E-state index in [1.165, 1.54) is 16.7 Å². The van der Waals surface area contributed by atoms with Crippen LogP contribution in [0.3, 0.4) is 0 Å². The van der Waals surface area contributed by atoms with Crippen molar-refractivity contribution in [2.24, 2.45) is 0 Å². The highest BCUT2D eigenvalue weighted by atomic mass is 16.2. The molecule has 1 amide bonds. The molecule has 1 aromatic heterocycles. The van der Waals surface area contributed by atoms with Crippen LogP contribution in [-0.4, -0.2) is 27.1 Å². The van der Waals surface area contributed by atoms with Crippen molar-refractivity contribution >= 4 is 5.91 Å². The van der Waals surface area contributed by atoms with Crippen LogP contribution >= 0.6 is 0 Å². The molecular weight excluding hydrogens is 370 g/mol. The van der Waals surface area contributed by atoms with Crippen molar-refractivity contribution in [2.75, 3.05) is 6.54 Å². The first-order valence-electron chi connectivity index (χ1n) is 10.3. The maximum atomic E-state index is 13.4. The minimum Gasteiger partial charge on any atom is -0.334 e. The molecule has 0 spiro atoms. The maximum absolute atomic E-state index is 13.4. The molecule has 0 saturated carbocycles. The zero-order valence-electron chi connectivity index (χ0n) is 16.7. The molecule has 2 heterocycles. The fourth-order valence-corrected chi connectivity index (χ4v) is 4.13. The highest BCUT2D eigenvalue weighted by molar-refractivity contribution is 6.01. The quantitative estimate of drug-likeness (QED) is 0.500. The Balaban J connectivity index is 1.40. The number of carbonyl (C=O) groups is 1. The number of fused-ring (bicyclic) bond motifs is 1. The Morgan fingerprint density at radius 2 is 1.63 bits per heavy atom. The Labute approximate surface area is 176 Å². The Hall–Kier alpha value is -3.66. The number of carbonyl (C=O) groups excluding carboxylic acids is 1. The average Bonchev–Trinajstić information content (AvgIpc) is 3.32. The monoisotopic (exact) mass is 393 g/mol. The van der Waals surface area contributed by atoms with Crippen LogP contribution in [0.1, 0.15) is 27.0 Å². The van der Waals surface area contributed by atoms with Crippen LogP contribution < -0.4 is 0 Å². The van der Waals surface area contributed by atoms with Gasteiger partial charge in [-0.1, -0.05) is 66.7 Å². The number of nitrogens with zero attached hydrogens (tertiary/aromatic N) is 3. The molecule has 0 unspecified atom stereocenters. The van der Waals surface area contributed by atoms with Gasteiger partial charge in [0.1, 0.15) is 0 Å². The van der Waals surface area contributed by atoms with Crippen LogP contribution in [0.4, 0.5) is 0 Å². The summed E-state index contributed by atoms with van der Waals surface area (Å²) >= 11 is 0. The molecule has 0 bridgehead atoms. The van der Waals surface area contributed by atoms with E-state index in [4.69, 9.17) is 0 Å². The lowest BCUT2D eigenvalue weighted by atomic mass is 9.96. The van der Waals surface area contributed by atoms with Gasteiger partial charge in [0, 0.05) is 31.0 Å². The summed E-state index contributed by atoms with van der Waals surface area (Å²) in [6, 6.07) is 26.6. The molecule has 4 aromatic rings. The Kier molecular flexibility index (Phi) is 4.89. The Bertz CT molecular complexity index is 1160. The molecule has 0 aliphatic carbocycles. The fourth-order valence-electron chi connectivity index (χ4n) is 4.13. The molecule has 0 saturated heterocycles. The second kappa shape index (κ2) is 7.99. The molecule has 30 heavy (non-hydrogen) atoms. The van der Waals surface area contributed by atoms with E-state index < -0.39 is 0 Å². The molecule has 5 rings (SSSR count). The van der Waals surface area contributed by atoms with Gasteiger partial charge in [-0.15, -0.1) is 0 Å². The van der Waals surface area contributed by atoms with Gasteiger partial charge in [-0.25, -0.2) is 0 Å². The molecule has 4 heteroatoms. The summed E-state index contributed by atoms with van der Waals surface area (Å²) in [5.41, 5.74) is 6.57. The van der Waals surface area contributed by atoms with Gasteiger partial charge in [0.05, 0.1) is 6.54 Å². The summed E-state index contributed by atoms with van der Waals surface area (Å²) in [7, 11) is 0. The summed E-state index contributed by atoms with van der Waals surface area (Å²) in [5.74, 6) is 0.0979. The molecule has 0 fully saturated rings. The van der Waals surface area contributed by atoms with Gasteiger partial charge in [0.15, 0.2) is 0 Å². The van der Waals surface area contributed by atoms with Crippen molar-refractivity contribution in [3.8, 4) is 11.1 Å². The van der Waals surface area contributed by atoms with Crippen LogP contribution in [0, 0.1) is 0 Å². The summed E-state index contributed by atoms with van der Waals surface area (Å²) in [6.45, 7) is 2.17. The zero-order valence-corrected chi connectivity index (χ0v) is 16.7. The standard InChI is InChI=1S/C26H23N3O/c30-26(28-17-14-21-6-1-2-7-23(21)19-28)25-9-4-3-8-24(25)22-12-10-20(11-13-22)18-29-16-5-15-27-29/h1-13,15-16H,14,17-19H2. The van der Waals surface area contributed by atoms with E-state index in [2.05, 4.69) is 47.6 Å². The third-order valence-electron chi connectivity index (χ3n) is 5.74. The fraction of sp³-hybridized carbons (Fsp3) is 0.154. The van der Waals surface area contributed by atoms with Crippen molar-refractivity contribution in [3.05, 3.63) is 114 Å². The largest absolute Gasteiger partial charge is 0.334 e. The zero-order chi connectivity index (χ0) is 20.3. The summed E-state index contributed by atoms with van der Waals surface area (Å²) in [4.78, 5) is 15.4. The number of rotatable bonds is 4. The molecule has 1 aliphatic rings. The molecular formula is C26H23N3O. The highest BCUT2D eigenvalue weighted by Crippen LogP contribution is 2.27. The first kappa shape index (κ1) is 18.4. The van der Waals surface area contributed by atoms with E-state index in [1.807, 2.05) is 52.2 Å². The smallest absolute Gasteiger partial charge is 0.254 e. The number of benzene rings is 3. The summed E-state index contributed by atoms with van der Waals surface area (Å²) < 4.78 is 1.90. The summed E-state index contributed by atoms with van der Waals surface area (Å²) in [6.07, 6.45) is 4.65. The van der Waals surface area contributed by atoms with Crippen LogP contribution in [0.15, 0.2) is 91.3 Å². The molecule has 0 N–H and O–H groups in total. The second-order valence-electron chi connectivity index (χ2n) is 7.69. The Morgan fingerprint density at radius 3 is 2.43 bits per heavy atom. The number of hydrogen-bond acceptors (Lipinski definition) is 2. The van der Waals surface area contributed by atoms with E-state index in [-0.39, 0.29) is 5.91 Å². The topological polar surface area (TPSA) is 38.1 Å². The second-order valence-corrected chi connectivity index (χ2v) is 7.69.